The first kappa shape index (κ1) is 16.9. The minimum atomic E-state index is -0.170. The van der Waals surface area contributed by atoms with Crippen LogP contribution in [0, 0.1) is 0 Å². The maximum Gasteiger partial charge on any atom is 0.223 e. The minimum Gasteiger partial charge on any atom is -0.372 e. The molecule has 0 fully saturated rings. The van der Waals surface area contributed by atoms with E-state index in [1.54, 1.807) is 22.3 Å². The number of carbonyl (C=O) groups is 1. The largest absolute Gasteiger partial charge is 0.372 e. The number of hydrogen-bond donors (Lipinski definition) is 1. The quantitative estimate of drug-likeness (QED) is 0.726. The minimum absolute atomic E-state index is 0.0229. The van der Waals surface area contributed by atoms with E-state index in [1.165, 1.54) is 16.8 Å². The number of benzene rings is 1. The van der Waals surface area contributed by atoms with Crippen LogP contribution in [-0.2, 0) is 22.5 Å². The van der Waals surface area contributed by atoms with E-state index in [-0.39, 0.29) is 18.1 Å². The molecule has 0 spiro atoms. The van der Waals surface area contributed by atoms with Gasteiger partial charge in [-0.15, -0.1) is 11.3 Å². The van der Waals surface area contributed by atoms with Crippen LogP contribution in [0.4, 0.5) is 0 Å². The highest BCUT2D eigenvalue weighted by molar-refractivity contribution is 7.10. The van der Waals surface area contributed by atoms with Crippen LogP contribution in [0.1, 0.15) is 34.6 Å². The van der Waals surface area contributed by atoms with Crippen molar-refractivity contribution in [2.45, 2.75) is 31.5 Å². The molecule has 2 atom stereocenters. The van der Waals surface area contributed by atoms with Crippen LogP contribution < -0.4 is 5.32 Å². The number of hydrogen-bond acceptors (Lipinski definition) is 5. The highest BCUT2D eigenvalue weighted by atomic mass is 32.1. The first-order valence-electron chi connectivity index (χ1n) is 8.64. The van der Waals surface area contributed by atoms with Crippen molar-refractivity contribution in [1.29, 1.82) is 0 Å². The van der Waals surface area contributed by atoms with Crippen molar-refractivity contribution in [3.05, 3.63) is 70.4 Å². The number of nitrogens with one attached hydrogen (secondary N) is 1. The molecule has 1 aliphatic heterocycles. The number of aromatic nitrogens is 3. The van der Waals surface area contributed by atoms with Gasteiger partial charge in [-0.05, 0) is 29.0 Å². The molecule has 134 valence electrons. The third-order valence-corrected chi connectivity index (χ3v) is 5.56. The Kier molecular flexibility index (Phi) is 5.08. The normalized spacial score (nSPS) is 17.5. The SMILES string of the molecule is O=C(CC1OCCc2ccsc21)NC(Cn1cncn1)c1ccccc1. The Morgan fingerprint density at radius 3 is 3.04 bits per heavy atom. The molecule has 6 nitrogen and oxygen atoms in total. The second-order valence-electron chi connectivity index (χ2n) is 6.27. The molecule has 1 aliphatic rings. The van der Waals surface area contributed by atoms with Crippen LogP contribution in [0.25, 0.3) is 0 Å². The van der Waals surface area contributed by atoms with Gasteiger partial charge in [0.25, 0.3) is 0 Å². The topological polar surface area (TPSA) is 69.0 Å². The van der Waals surface area contributed by atoms with Gasteiger partial charge in [-0.2, -0.15) is 5.10 Å². The summed E-state index contributed by atoms with van der Waals surface area (Å²) in [7, 11) is 0. The highest BCUT2D eigenvalue weighted by Gasteiger charge is 2.26. The van der Waals surface area contributed by atoms with Gasteiger partial charge in [0.15, 0.2) is 0 Å². The Bertz CT molecular complexity index is 848. The van der Waals surface area contributed by atoms with Crippen LogP contribution in [0.5, 0.6) is 0 Å². The first-order chi connectivity index (χ1) is 12.8. The number of ether oxygens (including phenoxy) is 1. The smallest absolute Gasteiger partial charge is 0.223 e. The number of nitrogens with zero attached hydrogens (tertiary/aromatic N) is 3. The number of fused-ring (bicyclic) bond motifs is 1. The van der Waals surface area contributed by atoms with Crippen molar-refractivity contribution in [3.8, 4) is 0 Å². The monoisotopic (exact) mass is 368 g/mol. The Morgan fingerprint density at radius 1 is 1.35 bits per heavy atom. The summed E-state index contributed by atoms with van der Waals surface area (Å²) in [4.78, 5) is 17.9. The van der Waals surface area contributed by atoms with Crippen molar-refractivity contribution >= 4 is 17.2 Å². The van der Waals surface area contributed by atoms with E-state index in [0.29, 0.717) is 19.6 Å². The fraction of sp³-hybridized carbons (Fsp3) is 0.316. The van der Waals surface area contributed by atoms with Crippen molar-refractivity contribution in [3.63, 3.8) is 0 Å². The number of rotatable bonds is 6. The molecule has 0 saturated carbocycles. The second kappa shape index (κ2) is 7.80. The van der Waals surface area contributed by atoms with E-state index < -0.39 is 0 Å². The van der Waals surface area contributed by atoms with Gasteiger partial charge in [0.05, 0.1) is 25.6 Å². The zero-order chi connectivity index (χ0) is 17.8. The predicted molar refractivity (Wildman–Crippen MR) is 98.7 cm³/mol. The highest BCUT2D eigenvalue weighted by Crippen LogP contribution is 2.34. The molecule has 3 heterocycles. The van der Waals surface area contributed by atoms with Crippen molar-refractivity contribution < 1.29 is 9.53 Å². The Labute approximate surface area is 155 Å². The molecule has 1 N–H and O–H groups in total. The molecule has 0 radical (unpaired) electrons. The lowest BCUT2D eigenvalue weighted by atomic mass is 10.0. The molecule has 1 aromatic carbocycles. The molecular formula is C19H20N4O2S. The van der Waals surface area contributed by atoms with Gasteiger partial charge in [0, 0.05) is 4.88 Å². The molecule has 4 rings (SSSR count). The summed E-state index contributed by atoms with van der Waals surface area (Å²) in [5.74, 6) is -0.0229. The van der Waals surface area contributed by atoms with E-state index in [0.717, 1.165) is 12.0 Å². The fourth-order valence-corrected chi connectivity index (χ4v) is 4.23. The third kappa shape index (κ3) is 3.84. The summed E-state index contributed by atoms with van der Waals surface area (Å²) < 4.78 is 7.58. The second-order valence-corrected chi connectivity index (χ2v) is 7.22. The average molecular weight is 368 g/mol. The van der Waals surface area contributed by atoms with Crippen LogP contribution in [0.3, 0.4) is 0 Å². The summed E-state index contributed by atoms with van der Waals surface area (Å²) in [6, 6.07) is 11.9. The van der Waals surface area contributed by atoms with Crippen molar-refractivity contribution in [2.75, 3.05) is 6.61 Å². The maximum absolute atomic E-state index is 12.7. The van der Waals surface area contributed by atoms with Crippen LogP contribution in [-0.4, -0.2) is 27.3 Å². The molecular weight excluding hydrogens is 348 g/mol. The van der Waals surface area contributed by atoms with Gasteiger partial charge in [0.1, 0.15) is 18.8 Å². The van der Waals surface area contributed by atoms with Gasteiger partial charge >= 0.3 is 0 Å². The molecule has 0 bridgehead atoms. The van der Waals surface area contributed by atoms with E-state index >= 15 is 0 Å². The molecule has 26 heavy (non-hydrogen) atoms. The Balaban J connectivity index is 1.46. The molecule has 1 amide bonds. The predicted octanol–water partition coefficient (Wildman–Crippen LogP) is 2.90. The van der Waals surface area contributed by atoms with Crippen LogP contribution >= 0.6 is 11.3 Å². The Morgan fingerprint density at radius 2 is 2.23 bits per heavy atom. The van der Waals surface area contributed by atoms with Gasteiger partial charge in [0.2, 0.25) is 5.91 Å². The molecule has 3 aromatic rings. The van der Waals surface area contributed by atoms with Gasteiger partial charge < -0.3 is 10.1 Å². The molecule has 2 unspecified atom stereocenters. The number of amides is 1. The third-order valence-electron chi connectivity index (χ3n) is 4.51. The summed E-state index contributed by atoms with van der Waals surface area (Å²) in [5, 5.41) is 9.37. The summed E-state index contributed by atoms with van der Waals surface area (Å²) in [6.45, 7) is 1.20. The molecule has 0 saturated heterocycles. The Hall–Kier alpha value is -2.51. The lowest BCUT2D eigenvalue weighted by molar-refractivity contribution is -0.125. The lowest BCUT2D eigenvalue weighted by Gasteiger charge is -2.24. The standard InChI is InChI=1S/C19H20N4O2S/c24-18(10-17-19-15(6-8-25-17)7-9-26-19)22-16(11-23-13-20-12-21-23)14-4-2-1-3-5-14/h1-5,7,9,12-13,16-17H,6,8,10-11H2,(H,22,24). The van der Waals surface area contributed by atoms with E-state index in [1.807, 2.05) is 30.3 Å². The molecule has 2 aromatic heterocycles. The zero-order valence-corrected chi connectivity index (χ0v) is 15.1. The fourth-order valence-electron chi connectivity index (χ4n) is 3.23. The first-order valence-corrected chi connectivity index (χ1v) is 9.52. The summed E-state index contributed by atoms with van der Waals surface area (Å²) in [5.41, 5.74) is 2.35. The maximum atomic E-state index is 12.7. The van der Waals surface area contributed by atoms with Crippen LogP contribution in [0.2, 0.25) is 0 Å². The van der Waals surface area contributed by atoms with Gasteiger partial charge in [-0.3, -0.25) is 9.48 Å². The van der Waals surface area contributed by atoms with E-state index in [2.05, 4.69) is 26.8 Å². The number of carbonyl (C=O) groups excluding carboxylic acids is 1. The zero-order valence-electron chi connectivity index (χ0n) is 14.2. The molecule has 0 aliphatic carbocycles. The van der Waals surface area contributed by atoms with Gasteiger partial charge in [-0.25, -0.2) is 4.98 Å². The summed E-state index contributed by atoms with van der Waals surface area (Å²) in [6.07, 6.45) is 4.26. The summed E-state index contributed by atoms with van der Waals surface area (Å²) >= 11 is 1.67. The van der Waals surface area contributed by atoms with E-state index in [4.69, 9.17) is 4.74 Å². The average Bonchev–Trinajstić information content (AvgIpc) is 3.34. The molecule has 7 heteroatoms. The van der Waals surface area contributed by atoms with Crippen LogP contribution in [0.15, 0.2) is 54.4 Å². The van der Waals surface area contributed by atoms with E-state index in [9.17, 15) is 4.79 Å². The number of thiophene rings is 1. The van der Waals surface area contributed by atoms with Gasteiger partial charge in [-0.1, -0.05) is 30.3 Å². The van der Waals surface area contributed by atoms with Crippen molar-refractivity contribution in [1.82, 2.24) is 20.1 Å². The van der Waals surface area contributed by atoms with Crippen molar-refractivity contribution in [2.24, 2.45) is 0 Å². The lowest BCUT2D eigenvalue weighted by Crippen LogP contribution is -2.33.